The number of fused-ring (bicyclic) bond motifs is 4. The Kier molecular flexibility index (Phi) is 7.39. The van der Waals surface area contributed by atoms with E-state index in [1.807, 2.05) is 6.92 Å². The predicted molar refractivity (Wildman–Crippen MR) is 145 cm³/mol. The third kappa shape index (κ3) is 4.67. The average Bonchev–Trinajstić information content (AvgIpc) is 3.13. The lowest BCUT2D eigenvalue weighted by Crippen LogP contribution is -2.57. The van der Waals surface area contributed by atoms with Crippen molar-refractivity contribution in [1.82, 2.24) is 0 Å². The Morgan fingerprint density at radius 3 is 1.80 bits per heavy atom. The Bertz CT molecular complexity index is 752. The summed E-state index contributed by atoms with van der Waals surface area (Å²) in [6, 6.07) is 0. The van der Waals surface area contributed by atoms with Gasteiger partial charge in [0.1, 0.15) is 0 Å². The van der Waals surface area contributed by atoms with E-state index in [0.29, 0.717) is 22.2 Å². The van der Waals surface area contributed by atoms with Gasteiger partial charge in [-0.2, -0.15) is 0 Å². The fraction of sp³-hybridized carbons (Fsp3) is 1.00. The summed E-state index contributed by atoms with van der Waals surface area (Å²) in [5.41, 5.74) is 1.30. The van der Waals surface area contributed by atoms with Crippen molar-refractivity contribution >= 4 is 0 Å². The molecular weight excluding hydrogens is 432 g/mol. The summed E-state index contributed by atoms with van der Waals surface area (Å²) >= 11 is 0. The van der Waals surface area contributed by atoms with Crippen molar-refractivity contribution in [2.45, 2.75) is 144 Å². The van der Waals surface area contributed by atoms with Crippen LogP contribution in [-0.4, -0.2) is 34.6 Å². The maximum Gasteiger partial charge on any atom is 0.0688 e. The van der Waals surface area contributed by atoms with Crippen LogP contribution in [0.3, 0.4) is 0 Å². The van der Waals surface area contributed by atoms with E-state index >= 15 is 0 Å². The Morgan fingerprint density at radius 1 is 0.657 bits per heavy atom. The zero-order chi connectivity index (χ0) is 25.9. The van der Waals surface area contributed by atoms with E-state index in [2.05, 4.69) is 48.5 Å². The molecule has 2 unspecified atom stereocenters. The van der Waals surface area contributed by atoms with Gasteiger partial charge in [-0.25, -0.2) is 0 Å². The van der Waals surface area contributed by atoms with Crippen LogP contribution in [0.5, 0.6) is 0 Å². The van der Waals surface area contributed by atoms with E-state index in [1.54, 1.807) is 0 Å². The van der Waals surface area contributed by atoms with E-state index in [9.17, 15) is 10.2 Å². The molecule has 5 rings (SSSR count). The van der Waals surface area contributed by atoms with Gasteiger partial charge in [-0.15, -0.1) is 0 Å². The van der Waals surface area contributed by atoms with E-state index in [4.69, 9.17) is 4.74 Å². The molecule has 1 heterocycles. The summed E-state index contributed by atoms with van der Waals surface area (Å²) in [5.74, 6) is 2.67. The molecule has 0 bridgehead atoms. The molecule has 204 valence electrons. The third-order valence-electron chi connectivity index (χ3n) is 12.8. The molecule has 0 aromatic rings. The maximum absolute atomic E-state index is 10.7. The van der Waals surface area contributed by atoms with Crippen molar-refractivity contribution in [3.05, 3.63) is 0 Å². The van der Waals surface area contributed by atoms with Gasteiger partial charge in [0.2, 0.25) is 0 Å². The zero-order valence-corrected chi connectivity index (χ0v) is 24.5. The van der Waals surface area contributed by atoms with Crippen LogP contribution in [0.25, 0.3) is 0 Å². The lowest BCUT2D eigenvalue weighted by atomic mass is 9.45. The Morgan fingerprint density at radius 2 is 1.20 bits per heavy atom. The predicted octanol–water partition coefficient (Wildman–Crippen LogP) is 7.77. The second-order valence-electron chi connectivity index (χ2n) is 15.8. The van der Waals surface area contributed by atoms with Crippen molar-refractivity contribution < 1.29 is 14.9 Å². The average molecular weight is 491 g/mol. The van der Waals surface area contributed by atoms with Gasteiger partial charge in [-0.1, -0.05) is 54.4 Å². The summed E-state index contributed by atoms with van der Waals surface area (Å²) in [6.07, 6.45) is 14.8. The molecule has 0 radical (unpaired) electrons. The number of rotatable bonds is 2. The minimum Gasteiger partial charge on any atom is -0.396 e. The summed E-state index contributed by atoms with van der Waals surface area (Å²) in [6.45, 7) is 20.3. The standard InChI is InChI=1S/C16H30O2.C16H28O/c1-14(2)8-5-9-15(3)12(14)6-10-16(4,18)13(15)7-11-17;1-14(2)8-5-9-15(3)12(14)6-10-16(4)13(15)7-11-17-16/h12-13,17-18H,5-11H2,1-4H3;12-13H,5-11H2,1-4H3/t2*12?,13-,15+,16-/m11/s1. The van der Waals surface area contributed by atoms with E-state index < -0.39 is 5.60 Å². The molecule has 3 nitrogen and oxygen atoms in total. The number of aliphatic hydroxyl groups is 2. The first-order valence-electron chi connectivity index (χ1n) is 15.1. The second kappa shape index (κ2) is 9.26. The first kappa shape index (κ1) is 27.9. The molecule has 4 saturated carbocycles. The van der Waals surface area contributed by atoms with Crippen LogP contribution in [0.2, 0.25) is 0 Å². The molecule has 0 spiro atoms. The molecule has 1 aliphatic heterocycles. The Hall–Kier alpha value is -0.120. The van der Waals surface area contributed by atoms with Gasteiger partial charge in [0.15, 0.2) is 0 Å². The number of hydrogen-bond acceptors (Lipinski definition) is 3. The molecule has 3 heteroatoms. The Labute approximate surface area is 217 Å². The third-order valence-corrected chi connectivity index (χ3v) is 12.8. The van der Waals surface area contributed by atoms with Gasteiger partial charge in [0.05, 0.1) is 11.2 Å². The summed E-state index contributed by atoms with van der Waals surface area (Å²) in [5, 5.41) is 20.1. The van der Waals surface area contributed by atoms with Crippen LogP contribution < -0.4 is 0 Å². The SMILES string of the molecule is CC1(C)CCC[C@@]2(C)C1CC[C@@](C)(O)[C@@H]2CCO.CC1(C)CCC[C@@]2(C)C1CC[C@@]1(C)OCC[C@@H]12. The molecule has 35 heavy (non-hydrogen) atoms. The minimum atomic E-state index is -0.596. The van der Waals surface area contributed by atoms with E-state index in [-0.39, 0.29) is 23.5 Å². The highest BCUT2D eigenvalue weighted by atomic mass is 16.5. The van der Waals surface area contributed by atoms with Gasteiger partial charge < -0.3 is 14.9 Å². The molecule has 8 atom stereocenters. The molecule has 2 N–H and O–H groups in total. The molecule has 0 amide bonds. The maximum atomic E-state index is 10.7. The lowest BCUT2D eigenvalue weighted by Gasteiger charge is -2.61. The molecule has 5 fully saturated rings. The molecule has 1 saturated heterocycles. The molecular formula is C32H58O3. The highest BCUT2D eigenvalue weighted by Crippen LogP contribution is 2.65. The molecule has 5 aliphatic rings. The molecule has 4 aliphatic carbocycles. The number of ether oxygens (including phenoxy) is 1. The number of aliphatic hydroxyl groups excluding tert-OH is 1. The van der Waals surface area contributed by atoms with Crippen LogP contribution in [0.4, 0.5) is 0 Å². The topological polar surface area (TPSA) is 49.7 Å². The molecule has 0 aromatic heterocycles. The van der Waals surface area contributed by atoms with Crippen molar-refractivity contribution in [3.63, 3.8) is 0 Å². The fourth-order valence-electron chi connectivity index (χ4n) is 11.2. The van der Waals surface area contributed by atoms with Crippen molar-refractivity contribution in [1.29, 1.82) is 0 Å². The van der Waals surface area contributed by atoms with Crippen LogP contribution in [-0.2, 0) is 4.74 Å². The highest BCUT2D eigenvalue weighted by molar-refractivity contribution is 5.10. The first-order valence-corrected chi connectivity index (χ1v) is 15.1. The van der Waals surface area contributed by atoms with Crippen LogP contribution in [0, 0.1) is 45.3 Å². The zero-order valence-electron chi connectivity index (χ0n) is 24.5. The van der Waals surface area contributed by atoms with Crippen molar-refractivity contribution in [3.8, 4) is 0 Å². The first-order chi connectivity index (χ1) is 16.1. The summed E-state index contributed by atoms with van der Waals surface area (Å²) in [4.78, 5) is 0. The second-order valence-corrected chi connectivity index (χ2v) is 15.8. The largest absolute Gasteiger partial charge is 0.396 e. The van der Waals surface area contributed by atoms with Gasteiger partial charge in [-0.05, 0) is 123 Å². The van der Waals surface area contributed by atoms with Gasteiger partial charge in [-0.3, -0.25) is 0 Å². The van der Waals surface area contributed by atoms with Gasteiger partial charge in [0.25, 0.3) is 0 Å². The van der Waals surface area contributed by atoms with E-state index in [1.165, 1.54) is 57.8 Å². The van der Waals surface area contributed by atoms with Crippen LogP contribution in [0.15, 0.2) is 0 Å². The summed E-state index contributed by atoms with van der Waals surface area (Å²) < 4.78 is 6.13. The fourth-order valence-corrected chi connectivity index (χ4v) is 11.2. The summed E-state index contributed by atoms with van der Waals surface area (Å²) in [7, 11) is 0. The van der Waals surface area contributed by atoms with Crippen molar-refractivity contribution in [2.75, 3.05) is 13.2 Å². The smallest absolute Gasteiger partial charge is 0.0688 e. The van der Waals surface area contributed by atoms with Gasteiger partial charge >= 0.3 is 0 Å². The van der Waals surface area contributed by atoms with Crippen LogP contribution >= 0.6 is 0 Å². The van der Waals surface area contributed by atoms with Crippen molar-refractivity contribution in [2.24, 2.45) is 45.3 Å². The van der Waals surface area contributed by atoms with Crippen LogP contribution in [0.1, 0.15) is 132 Å². The normalized spacial score (nSPS) is 50.2. The van der Waals surface area contributed by atoms with Gasteiger partial charge in [0, 0.05) is 13.2 Å². The molecule has 0 aromatic carbocycles. The monoisotopic (exact) mass is 490 g/mol. The highest BCUT2D eigenvalue weighted by Gasteiger charge is 2.60. The Balaban J connectivity index is 0.000000165. The quantitative estimate of drug-likeness (QED) is 0.415. The van der Waals surface area contributed by atoms with E-state index in [0.717, 1.165) is 37.7 Å². The number of hydrogen-bond donors (Lipinski definition) is 2. The lowest BCUT2D eigenvalue weighted by molar-refractivity contribution is -0.171. The minimum absolute atomic E-state index is 0.198.